The zero-order valence-corrected chi connectivity index (χ0v) is 9.79. The van der Waals surface area contributed by atoms with E-state index in [1.807, 2.05) is 13.8 Å². The zero-order valence-electron chi connectivity index (χ0n) is 9.79. The molecule has 0 fully saturated rings. The van der Waals surface area contributed by atoms with Crippen LogP contribution in [-0.4, -0.2) is 16.5 Å². The van der Waals surface area contributed by atoms with E-state index in [1.165, 1.54) is 6.92 Å². The van der Waals surface area contributed by atoms with Crippen molar-refractivity contribution in [2.24, 2.45) is 5.92 Å². The Kier molecular flexibility index (Phi) is 8.37. The second-order valence-electron chi connectivity index (χ2n) is 4.13. The largest absolute Gasteiger partial charge is 0.390 e. The van der Waals surface area contributed by atoms with Gasteiger partial charge in [-0.25, -0.2) is 0 Å². The molecule has 0 amide bonds. The summed E-state index contributed by atoms with van der Waals surface area (Å²) in [5.41, 5.74) is -0.828. The smallest absolute Gasteiger partial charge is 0.132 e. The summed E-state index contributed by atoms with van der Waals surface area (Å²) in [6.45, 7) is 8.63. The number of hydrogen-bond acceptors (Lipinski definition) is 3. The molecular weight excluding hydrogens is 178 g/mol. The predicted octanol–water partition coefficient (Wildman–Crippen LogP) is 2.29. The molecule has 1 unspecified atom stereocenters. The molecule has 0 aliphatic carbocycles. The topological polar surface area (TPSA) is 61.1 Å². The number of hydrogen-bond donors (Lipinski definition) is 1. The highest BCUT2D eigenvalue weighted by Crippen LogP contribution is 2.06. The molecule has 0 aromatic rings. The van der Waals surface area contributed by atoms with Crippen LogP contribution in [0.5, 0.6) is 0 Å². The van der Waals surface area contributed by atoms with Gasteiger partial charge >= 0.3 is 0 Å². The van der Waals surface area contributed by atoms with E-state index in [4.69, 9.17) is 10.4 Å². The molecule has 0 aliphatic rings. The van der Waals surface area contributed by atoms with Crippen LogP contribution in [0.2, 0.25) is 0 Å². The average Bonchev–Trinajstić information content (AvgIpc) is 1.99. The predicted molar refractivity (Wildman–Crippen MR) is 56.7 cm³/mol. The van der Waals surface area contributed by atoms with E-state index < -0.39 is 5.60 Å². The van der Waals surface area contributed by atoms with Gasteiger partial charge in [0.2, 0.25) is 0 Å². The molecular formula is C11H21NO2. The lowest BCUT2D eigenvalue weighted by molar-refractivity contribution is -0.120. The van der Waals surface area contributed by atoms with Gasteiger partial charge < -0.3 is 5.11 Å². The standard InChI is InChI=1S/C6H12O2.C5H9N/c1-5(7)4-6(2,3)8;1-3-5(2)4-6/h8H,4H2,1-3H3;5H,3H2,1-2H3. The molecule has 0 aromatic heterocycles. The molecule has 3 nitrogen and oxygen atoms in total. The first-order chi connectivity index (χ1) is 6.22. The van der Waals surface area contributed by atoms with E-state index in [-0.39, 0.29) is 18.1 Å². The molecule has 0 rings (SSSR count). The molecule has 0 bridgehead atoms. The van der Waals surface area contributed by atoms with Crippen molar-refractivity contribution < 1.29 is 9.90 Å². The molecule has 0 aromatic carbocycles. The molecule has 0 radical (unpaired) electrons. The molecule has 0 saturated carbocycles. The minimum absolute atomic E-state index is 0.0255. The van der Waals surface area contributed by atoms with Crippen molar-refractivity contribution in [1.82, 2.24) is 0 Å². The van der Waals surface area contributed by atoms with Gasteiger partial charge in [-0.05, 0) is 34.1 Å². The molecule has 0 heterocycles. The van der Waals surface area contributed by atoms with Gasteiger partial charge in [0.1, 0.15) is 5.78 Å². The first-order valence-corrected chi connectivity index (χ1v) is 4.84. The maximum atomic E-state index is 10.3. The lowest BCUT2D eigenvalue weighted by atomic mass is 10.0. The number of nitrogens with zero attached hydrogens (tertiary/aromatic N) is 1. The summed E-state index contributed by atoms with van der Waals surface area (Å²) < 4.78 is 0. The van der Waals surface area contributed by atoms with Crippen LogP contribution in [0.4, 0.5) is 0 Å². The minimum Gasteiger partial charge on any atom is -0.390 e. The molecule has 1 atom stereocenters. The van der Waals surface area contributed by atoms with Crippen LogP contribution in [0, 0.1) is 17.2 Å². The number of nitriles is 1. The molecule has 14 heavy (non-hydrogen) atoms. The fraction of sp³-hybridized carbons (Fsp3) is 0.818. The Balaban J connectivity index is 0. The lowest BCUT2D eigenvalue weighted by Gasteiger charge is -2.13. The van der Waals surface area contributed by atoms with Gasteiger partial charge in [0.05, 0.1) is 11.7 Å². The maximum Gasteiger partial charge on any atom is 0.132 e. The highest BCUT2D eigenvalue weighted by atomic mass is 16.3. The SMILES string of the molecule is CC(=O)CC(C)(C)O.CCC(C)C#N. The third-order valence-electron chi connectivity index (χ3n) is 1.51. The van der Waals surface area contributed by atoms with E-state index in [1.54, 1.807) is 13.8 Å². The summed E-state index contributed by atoms with van der Waals surface area (Å²) in [4.78, 5) is 10.3. The van der Waals surface area contributed by atoms with Gasteiger partial charge in [0.25, 0.3) is 0 Å². The molecule has 0 spiro atoms. The van der Waals surface area contributed by atoms with E-state index in [0.29, 0.717) is 0 Å². The van der Waals surface area contributed by atoms with E-state index >= 15 is 0 Å². The summed E-state index contributed by atoms with van der Waals surface area (Å²) in [6, 6.07) is 2.11. The van der Waals surface area contributed by atoms with Crippen LogP contribution >= 0.6 is 0 Å². The van der Waals surface area contributed by atoms with Crippen molar-refractivity contribution in [1.29, 1.82) is 5.26 Å². The lowest BCUT2D eigenvalue weighted by Crippen LogP contribution is -2.21. The number of aliphatic hydroxyl groups is 1. The number of carbonyl (C=O) groups is 1. The number of carbonyl (C=O) groups excluding carboxylic acids is 1. The number of Topliss-reactive ketones (excluding diaryl/α,β-unsaturated/α-hetero) is 1. The Bertz CT molecular complexity index is 198. The van der Waals surface area contributed by atoms with Crippen LogP contribution in [0.15, 0.2) is 0 Å². The van der Waals surface area contributed by atoms with Gasteiger partial charge in [-0.2, -0.15) is 5.26 Å². The number of ketones is 1. The summed E-state index contributed by atoms with van der Waals surface area (Å²) in [5.74, 6) is 0.266. The molecule has 82 valence electrons. The highest BCUT2D eigenvalue weighted by Gasteiger charge is 2.13. The maximum absolute atomic E-state index is 10.3. The second kappa shape index (κ2) is 7.52. The highest BCUT2D eigenvalue weighted by molar-refractivity contribution is 5.76. The minimum atomic E-state index is -0.828. The Morgan fingerprint density at radius 2 is 2.00 bits per heavy atom. The second-order valence-corrected chi connectivity index (χ2v) is 4.13. The van der Waals surface area contributed by atoms with Gasteiger partial charge in [-0.3, -0.25) is 4.79 Å². The van der Waals surface area contributed by atoms with Crippen molar-refractivity contribution in [2.45, 2.75) is 53.1 Å². The third kappa shape index (κ3) is 17.3. The first kappa shape index (κ1) is 15.6. The van der Waals surface area contributed by atoms with Gasteiger partial charge in [0, 0.05) is 12.3 Å². The van der Waals surface area contributed by atoms with E-state index in [9.17, 15) is 4.79 Å². The summed E-state index contributed by atoms with van der Waals surface area (Å²) in [6.07, 6.45) is 1.21. The summed E-state index contributed by atoms with van der Waals surface area (Å²) in [5, 5.41) is 17.1. The fourth-order valence-corrected chi connectivity index (χ4v) is 0.701. The van der Waals surface area contributed by atoms with Crippen LogP contribution in [0.3, 0.4) is 0 Å². The van der Waals surface area contributed by atoms with Crippen molar-refractivity contribution >= 4 is 5.78 Å². The van der Waals surface area contributed by atoms with Crippen molar-refractivity contribution in [3.63, 3.8) is 0 Å². The molecule has 3 heteroatoms. The van der Waals surface area contributed by atoms with E-state index in [2.05, 4.69) is 6.07 Å². The monoisotopic (exact) mass is 199 g/mol. The van der Waals surface area contributed by atoms with Crippen LogP contribution in [0.25, 0.3) is 0 Å². The Labute approximate surface area is 86.7 Å². The van der Waals surface area contributed by atoms with Gasteiger partial charge in [0.15, 0.2) is 0 Å². The fourth-order valence-electron chi connectivity index (χ4n) is 0.701. The normalized spacial score (nSPS) is 12.1. The van der Waals surface area contributed by atoms with Crippen LogP contribution in [-0.2, 0) is 4.79 Å². The zero-order chi connectivity index (χ0) is 11.8. The van der Waals surface area contributed by atoms with Gasteiger partial charge in [-0.1, -0.05) is 6.92 Å². The van der Waals surface area contributed by atoms with Crippen molar-refractivity contribution in [3.8, 4) is 6.07 Å². The van der Waals surface area contributed by atoms with Crippen LogP contribution in [0.1, 0.15) is 47.5 Å². The summed E-state index contributed by atoms with van der Waals surface area (Å²) in [7, 11) is 0. The van der Waals surface area contributed by atoms with E-state index in [0.717, 1.165) is 6.42 Å². The summed E-state index contributed by atoms with van der Waals surface area (Å²) >= 11 is 0. The molecule has 0 saturated heterocycles. The Hall–Kier alpha value is -0.880. The third-order valence-corrected chi connectivity index (χ3v) is 1.51. The van der Waals surface area contributed by atoms with Crippen molar-refractivity contribution in [3.05, 3.63) is 0 Å². The first-order valence-electron chi connectivity index (χ1n) is 4.84. The quantitative estimate of drug-likeness (QED) is 0.758. The van der Waals surface area contributed by atoms with Gasteiger partial charge in [-0.15, -0.1) is 0 Å². The number of rotatable bonds is 3. The Morgan fingerprint density at radius 3 is 2.00 bits per heavy atom. The van der Waals surface area contributed by atoms with Crippen LogP contribution < -0.4 is 0 Å². The average molecular weight is 199 g/mol. The Morgan fingerprint density at radius 1 is 1.57 bits per heavy atom. The molecule has 1 N–H and O–H groups in total. The van der Waals surface area contributed by atoms with Crippen molar-refractivity contribution in [2.75, 3.05) is 0 Å². The molecule has 0 aliphatic heterocycles.